The highest BCUT2D eigenvalue weighted by Crippen LogP contribution is 1.78. The Labute approximate surface area is 48.8 Å². The highest BCUT2D eigenvalue weighted by molar-refractivity contribution is 5.81. The molecule has 3 heteroatoms. The first-order valence-corrected chi connectivity index (χ1v) is 2.53. The Kier molecular flexibility index (Phi) is 3.84. The van der Waals surface area contributed by atoms with Crippen molar-refractivity contribution in [3.05, 3.63) is 0 Å². The molecule has 0 atom stereocenters. The van der Waals surface area contributed by atoms with E-state index in [-0.39, 0.29) is 0 Å². The van der Waals surface area contributed by atoms with E-state index in [0.717, 1.165) is 12.1 Å². The number of rotatable bonds is 3. The molecule has 0 spiro atoms. The van der Waals surface area contributed by atoms with Crippen molar-refractivity contribution >= 4 is 12.1 Å². The van der Waals surface area contributed by atoms with Crippen molar-refractivity contribution in [1.29, 1.82) is 0 Å². The summed E-state index contributed by atoms with van der Waals surface area (Å²) in [7, 11) is 0. The zero-order valence-corrected chi connectivity index (χ0v) is 5.14. The summed E-state index contributed by atoms with van der Waals surface area (Å²) in [6.45, 7) is 3.84. The lowest BCUT2D eigenvalue weighted by Crippen LogP contribution is -2.04. The number of nitrogens with one attached hydrogen (secondary N) is 1. The van der Waals surface area contributed by atoms with Gasteiger partial charge in [0.25, 0.3) is 0 Å². The minimum atomic E-state index is 0.555. The molecule has 0 aliphatic heterocycles. The lowest BCUT2D eigenvalue weighted by molar-refractivity contribution is -0.109. The number of amides is 1. The van der Waals surface area contributed by atoms with Crippen molar-refractivity contribution in [3.8, 4) is 0 Å². The third-order valence-electron chi connectivity index (χ3n) is 0.820. The van der Waals surface area contributed by atoms with Gasteiger partial charge < -0.3 is 0 Å². The Hall–Kier alpha value is -0.860. The van der Waals surface area contributed by atoms with Gasteiger partial charge in [0.05, 0.1) is 0 Å². The molecule has 0 aliphatic rings. The molecule has 3 nitrogen and oxygen atoms in total. The van der Waals surface area contributed by atoms with Crippen LogP contribution in [0.4, 0.5) is 0 Å². The zero-order chi connectivity index (χ0) is 6.41. The van der Waals surface area contributed by atoms with E-state index >= 15 is 0 Å². The molecule has 1 amide bonds. The van der Waals surface area contributed by atoms with Crippen LogP contribution in [0, 0.1) is 0 Å². The third kappa shape index (κ3) is 3.33. The van der Waals surface area contributed by atoms with E-state index in [2.05, 4.69) is 10.5 Å². The maximum absolute atomic E-state index is 9.61. The number of nitrogens with zero attached hydrogens (tertiary/aromatic N) is 1. The van der Waals surface area contributed by atoms with E-state index < -0.39 is 0 Å². The van der Waals surface area contributed by atoms with Crippen LogP contribution >= 0.6 is 0 Å². The molecule has 0 unspecified atom stereocenters. The summed E-state index contributed by atoms with van der Waals surface area (Å²) in [5.74, 6) is 0. The SMILES string of the molecule is CC/C(C)=N/NC=O. The molecule has 0 saturated carbocycles. The maximum Gasteiger partial charge on any atom is 0.227 e. The van der Waals surface area contributed by atoms with Crippen molar-refractivity contribution in [3.63, 3.8) is 0 Å². The fourth-order valence-electron chi connectivity index (χ4n) is 0.216. The lowest BCUT2D eigenvalue weighted by atomic mass is 10.3. The molecule has 0 heterocycles. The average molecular weight is 114 g/mol. The third-order valence-corrected chi connectivity index (χ3v) is 0.820. The minimum Gasteiger partial charge on any atom is -0.277 e. The van der Waals surface area contributed by atoms with Crippen molar-refractivity contribution in [2.45, 2.75) is 20.3 Å². The summed E-state index contributed by atoms with van der Waals surface area (Å²) in [4.78, 5) is 9.61. The molecular formula is C5H10N2O. The first kappa shape index (κ1) is 7.14. The topological polar surface area (TPSA) is 41.5 Å². The second kappa shape index (κ2) is 4.30. The molecular weight excluding hydrogens is 104 g/mol. The van der Waals surface area contributed by atoms with Crippen LogP contribution in [-0.4, -0.2) is 12.1 Å². The van der Waals surface area contributed by atoms with Crippen molar-refractivity contribution < 1.29 is 4.79 Å². The summed E-state index contributed by atoms with van der Waals surface area (Å²) < 4.78 is 0. The van der Waals surface area contributed by atoms with Gasteiger partial charge in [-0.25, -0.2) is 5.43 Å². The van der Waals surface area contributed by atoms with Gasteiger partial charge in [-0.3, -0.25) is 4.79 Å². The Bertz CT molecular complexity index is 98.6. The minimum absolute atomic E-state index is 0.555. The molecule has 0 fully saturated rings. The van der Waals surface area contributed by atoms with Gasteiger partial charge in [0, 0.05) is 5.71 Å². The molecule has 46 valence electrons. The van der Waals surface area contributed by atoms with Crippen LogP contribution in [0.15, 0.2) is 5.10 Å². The van der Waals surface area contributed by atoms with Crippen LogP contribution in [0.5, 0.6) is 0 Å². The second-order valence-corrected chi connectivity index (χ2v) is 1.45. The van der Waals surface area contributed by atoms with Crippen LogP contribution in [0.25, 0.3) is 0 Å². The largest absolute Gasteiger partial charge is 0.277 e. The van der Waals surface area contributed by atoms with Gasteiger partial charge >= 0.3 is 0 Å². The Balaban J connectivity index is 3.40. The van der Waals surface area contributed by atoms with Crippen LogP contribution in [0.3, 0.4) is 0 Å². The predicted octanol–water partition coefficient (Wildman–Crippen LogP) is 0.518. The van der Waals surface area contributed by atoms with E-state index in [4.69, 9.17) is 0 Å². The van der Waals surface area contributed by atoms with Gasteiger partial charge in [-0.1, -0.05) is 6.92 Å². The first-order valence-electron chi connectivity index (χ1n) is 2.53. The van der Waals surface area contributed by atoms with Crippen LogP contribution in [-0.2, 0) is 4.79 Å². The molecule has 8 heavy (non-hydrogen) atoms. The van der Waals surface area contributed by atoms with Crippen LogP contribution in [0.1, 0.15) is 20.3 Å². The van der Waals surface area contributed by atoms with Gasteiger partial charge in [-0.2, -0.15) is 5.10 Å². The van der Waals surface area contributed by atoms with Gasteiger partial charge in [0.1, 0.15) is 0 Å². The van der Waals surface area contributed by atoms with Gasteiger partial charge in [0.15, 0.2) is 0 Å². The number of carbonyl (C=O) groups is 1. The standard InChI is InChI=1S/C5H10N2O/c1-3-5(2)7-6-4-8/h4H,3H2,1-2H3,(H,6,8)/b7-5+. The van der Waals surface area contributed by atoms with E-state index in [1.54, 1.807) is 0 Å². The molecule has 1 N–H and O–H groups in total. The van der Waals surface area contributed by atoms with Crippen LogP contribution in [0.2, 0.25) is 0 Å². The smallest absolute Gasteiger partial charge is 0.227 e. The summed E-state index contributed by atoms with van der Waals surface area (Å²) >= 11 is 0. The summed E-state index contributed by atoms with van der Waals surface area (Å²) in [5.41, 5.74) is 3.13. The molecule has 0 aromatic heterocycles. The second-order valence-electron chi connectivity index (χ2n) is 1.45. The Morgan fingerprint density at radius 3 is 2.88 bits per heavy atom. The molecule has 0 radical (unpaired) electrons. The van der Waals surface area contributed by atoms with Gasteiger partial charge in [0.2, 0.25) is 6.41 Å². The Morgan fingerprint density at radius 2 is 2.50 bits per heavy atom. The monoisotopic (exact) mass is 114 g/mol. The van der Waals surface area contributed by atoms with Crippen molar-refractivity contribution in [2.75, 3.05) is 0 Å². The molecule has 0 rings (SSSR count). The fourth-order valence-corrected chi connectivity index (χ4v) is 0.216. The van der Waals surface area contributed by atoms with Crippen molar-refractivity contribution in [2.24, 2.45) is 5.10 Å². The number of hydrogen-bond donors (Lipinski definition) is 1. The van der Waals surface area contributed by atoms with E-state index in [1.807, 2.05) is 13.8 Å². The molecule has 0 aromatic carbocycles. The summed E-state index contributed by atoms with van der Waals surface area (Å²) in [6.07, 6.45) is 1.43. The first-order chi connectivity index (χ1) is 3.81. The highest BCUT2D eigenvalue weighted by atomic mass is 16.1. The zero-order valence-electron chi connectivity index (χ0n) is 5.14. The van der Waals surface area contributed by atoms with Crippen molar-refractivity contribution in [1.82, 2.24) is 5.43 Å². The maximum atomic E-state index is 9.61. The molecule has 0 aromatic rings. The number of hydrogen-bond acceptors (Lipinski definition) is 2. The fraction of sp³-hybridized carbons (Fsp3) is 0.600. The number of carbonyl (C=O) groups excluding carboxylic acids is 1. The quantitative estimate of drug-likeness (QED) is 0.324. The van der Waals surface area contributed by atoms with E-state index in [1.165, 1.54) is 0 Å². The lowest BCUT2D eigenvalue weighted by Gasteiger charge is -1.89. The Morgan fingerprint density at radius 1 is 1.88 bits per heavy atom. The molecule has 0 bridgehead atoms. The van der Waals surface area contributed by atoms with Gasteiger partial charge in [-0.15, -0.1) is 0 Å². The summed E-state index contributed by atoms with van der Waals surface area (Å²) in [6, 6.07) is 0. The molecule has 0 aliphatic carbocycles. The van der Waals surface area contributed by atoms with Gasteiger partial charge in [-0.05, 0) is 13.3 Å². The van der Waals surface area contributed by atoms with E-state index in [0.29, 0.717) is 6.41 Å². The predicted molar refractivity (Wildman–Crippen MR) is 32.6 cm³/mol. The highest BCUT2D eigenvalue weighted by Gasteiger charge is 1.80. The number of hydrazone groups is 1. The normalized spacial score (nSPS) is 11.0. The van der Waals surface area contributed by atoms with E-state index in [9.17, 15) is 4.79 Å². The summed E-state index contributed by atoms with van der Waals surface area (Å²) in [5, 5.41) is 3.66. The van der Waals surface area contributed by atoms with Crippen LogP contribution < -0.4 is 5.43 Å². The average Bonchev–Trinajstić information content (AvgIpc) is 1.83. The molecule has 0 saturated heterocycles.